The summed E-state index contributed by atoms with van der Waals surface area (Å²) in [5.41, 5.74) is 4.89. The fourth-order valence-electron chi connectivity index (χ4n) is 4.39. The molecular weight excluding hydrogens is 343 g/mol. The number of ether oxygens (including phenoxy) is 1. The van der Waals surface area contributed by atoms with Gasteiger partial charge in [-0.2, -0.15) is 0 Å². The Bertz CT molecular complexity index is 1030. The first-order valence-corrected chi connectivity index (χ1v) is 9.47. The highest BCUT2D eigenvalue weighted by molar-refractivity contribution is 6.11. The molecule has 0 spiro atoms. The third-order valence-electron chi connectivity index (χ3n) is 5.73. The first kappa shape index (κ1) is 16.7. The average molecular weight is 364 g/mol. The van der Waals surface area contributed by atoms with E-state index in [0.29, 0.717) is 12.2 Å². The van der Waals surface area contributed by atoms with Crippen molar-refractivity contribution in [3.05, 3.63) is 58.9 Å². The predicted molar refractivity (Wildman–Crippen MR) is 103 cm³/mol. The number of aromatic nitrogens is 1. The van der Waals surface area contributed by atoms with Crippen LogP contribution in [0.3, 0.4) is 0 Å². The van der Waals surface area contributed by atoms with Crippen LogP contribution < -0.4 is 5.32 Å². The van der Waals surface area contributed by atoms with E-state index in [1.54, 1.807) is 6.07 Å². The van der Waals surface area contributed by atoms with Crippen LogP contribution in [0.1, 0.15) is 40.2 Å². The van der Waals surface area contributed by atoms with Gasteiger partial charge in [-0.3, -0.25) is 4.79 Å². The largest absolute Gasteiger partial charge is 0.369 e. The maximum Gasteiger partial charge on any atom is 0.189 e. The summed E-state index contributed by atoms with van der Waals surface area (Å²) in [6.07, 6.45) is 2.09. The molecule has 0 aliphatic carbocycles. The van der Waals surface area contributed by atoms with Crippen LogP contribution in [-0.2, 0) is 11.3 Å². The summed E-state index contributed by atoms with van der Waals surface area (Å²) in [7, 11) is 0. The normalized spacial score (nSPS) is 20.0. The van der Waals surface area contributed by atoms with Crippen LogP contribution >= 0.6 is 0 Å². The topological polar surface area (TPSA) is 54.1 Å². The zero-order valence-corrected chi connectivity index (χ0v) is 15.0. The van der Waals surface area contributed by atoms with Crippen LogP contribution in [0.2, 0.25) is 0 Å². The molecule has 2 aliphatic rings. The molecule has 0 saturated carbocycles. The number of nitrogens with one attached hydrogen (secondary N) is 2. The van der Waals surface area contributed by atoms with Crippen LogP contribution in [0.25, 0.3) is 22.2 Å². The molecule has 5 rings (SSSR count). The van der Waals surface area contributed by atoms with Gasteiger partial charge in [0.1, 0.15) is 12.4 Å². The van der Waals surface area contributed by atoms with Crippen molar-refractivity contribution >= 4 is 16.7 Å². The summed E-state index contributed by atoms with van der Waals surface area (Å²) < 4.78 is 20.5. The molecule has 5 heteroatoms. The van der Waals surface area contributed by atoms with Crippen molar-refractivity contribution in [3.8, 4) is 11.3 Å². The van der Waals surface area contributed by atoms with Crippen LogP contribution in [0.4, 0.5) is 4.39 Å². The van der Waals surface area contributed by atoms with Crippen molar-refractivity contribution in [3.63, 3.8) is 0 Å². The minimum Gasteiger partial charge on any atom is -0.369 e. The number of H-pyrrole nitrogens is 1. The van der Waals surface area contributed by atoms with Crippen LogP contribution in [0.15, 0.2) is 36.4 Å². The Kier molecular flexibility index (Phi) is 4.06. The number of benzene rings is 2. The Balaban J connectivity index is 1.61. The van der Waals surface area contributed by atoms with Gasteiger partial charge in [0, 0.05) is 34.1 Å². The van der Waals surface area contributed by atoms with E-state index in [4.69, 9.17) is 4.74 Å². The first-order chi connectivity index (χ1) is 13.2. The van der Waals surface area contributed by atoms with Crippen LogP contribution in [-0.4, -0.2) is 30.5 Å². The molecule has 0 amide bonds. The van der Waals surface area contributed by atoms with Crippen molar-refractivity contribution in [2.24, 2.45) is 0 Å². The number of carbonyl (C=O) groups excluding carboxylic acids is 1. The number of piperidine rings is 1. The highest BCUT2D eigenvalue weighted by Gasteiger charge is 2.24. The number of halogens is 1. The second kappa shape index (κ2) is 6.59. The molecule has 0 radical (unpaired) electrons. The van der Waals surface area contributed by atoms with E-state index < -0.39 is 0 Å². The van der Waals surface area contributed by atoms with Gasteiger partial charge in [-0.1, -0.05) is 24.3 Å². The monoisotopic (exact) mass is 364 g/mol. The van der Waals surface area contributed by atoms with Crippen LogP contribution in [0.5, 0.6) is 0 Å². The molecular formula is C22H21FN2O2. The van der Waals surface area contributed by atoms with Gasteiger partial charge in [-0.15, -0.1) is 0 Å². The second-order valence-electron chi connectivity index (χ2n) is 7.40. The zero-order chi connectivity index (χ0) is 18.4. The Morgan fingerprint density at radius 3 is 2.89 bits per heavy atom. The summed E-state index contributed by atoms with van der Waals surface area (Å²) in [6.45, 7) is 2.26. The molecule has 2 aliphatic heterocycles. The maximum absolute atomic E-state index is 14.9. The maximum atomic E-state index is 14.9. The minimum atomic E-state index is -0.169. The van der Waals surface area contributed by atoms with Gasteiger partial charge in [-0.25, -0.2) is 4.39 Å². The predicted octanol–water partition coefficient (Wildman–Crippen LogP) is 4.15. The summed E-state index contributed by atoms with van der Waals surface area (Å²) in [5.74, 6) is 0.0405. The van der Waals surface area contributed by atoms with E-state index in [1.165, 1.54) is 0 Å². The molecule has 2 aromatic carbocycles. The number of ketones is 1. The van der Waals surface area contributed by atoms with Gasteiger partial charge in [0.05, 0.1) is 12.3 Å². The standard InChI is InChI=1S/C22H21FN2O2/c23-18-9-13(6-7-15(18)14-3-2-8-24-10-14)22-17-11-27-12-20(26)16-4-1-5-19(25-22)21(16)17/h1,4-7,9,14,24-25H,2-3,8,10-12H2. The molecule has 1 atom stereocenters. The zero-order valence-electron chi connectivity index (χ0n) is 15.0. The van der Waals surface area contributed by atoms with E-state index in [-0.39, 0.29) is 24.1 Å². The SMILES string of the molecule is O=C1COCc2c(-c3ccc(C4CCCNC4)c(F)c3)[nH]c3cccc1c23. The van der Waals surface area contributed by atoms with Gasteiger partial charge in [-0.05, 0) is 43.0 Å². The first-order valence-electron chi connectivity index (χ1n) is 9.47. The van der Waals surface area contributed by atoms with Crippen molar-refractivity contribution in [2.75, 3.05) is 19.7 Å². The van der Waals surface area contributed by atoms with Crippen LogP contribution in [0, 0.1) is 5.82 Å². The molecule has 3 aromatic rings. The number of hydrogen-bond donors (Lipinski definition) is 2. The van der Waals surface area contributed by atoms with Gasteiger partial charge in [0.2, 0.25) is 0 Å². The molecule has 1 aromatic heterocycles. The van der Waals surface area contributed by atoms with Crippen molar-refractivity contribution in [2.45, 2.75) is 25.4 Å². The average Bonchev–Trinajstić information content (AvgIpc) is 2.98. The lowest BCUT2D eigenvalue weighted by molar-refractivity contribution is 0.0742. The number of carbonyl (C=O) groups is 1. The molecule has 4 nitrogen and oxygen atoms in total. The van der Waals surface area contributed by atoms with Crippen molar-refractivity contribution < 1.29 is 13.9 Å². The molecule has 27 heavy (non-hydrogen) atoms. The van der Waals surface area contributed by atoms with Crippen molar-refractivity contribution in [1.29, 1.82) is 0 Å². The summed E-state index contributed by atoms with van der Waals surface area (Å²) in [4.78, 5) is 15.7. The quantitative estimate of drug-likeness (QED) is 0.718. The number of hydrogen-bond acceptors (Lipinski definition) is 3. The Hall–Kier alpha value is -2.50. The molecule has 138 valence electrons. The van der Waals surface area contributed by atoms with Crippen molar-refractivity contribution in [1.82, 2.24) is 10.3 Å². The lowest BCUT2D eigenvalue weighted by Crippen LogP contribution is -2.28. The fourth-order valence-corrected chi connectivity index (χ4v) is 4.39. The number of Topliss-reactive ketones (excluding diaryl/α,β-unsaturated/α-hetero) is 1. The number of rotatable bonds is 2. The lowest BCUT2D eigenvalue weighted by Gasteiger charge is -2.23. The highest BCUT2D eigenvalue weighted by atomic mass is 19.1. The van der Waals surface area contributed by atoms with E-state index in [9.17, 15) is 9.18 Å². The molecule has 1 fully saturated rings. The van der Waals surface area contributed by atoms with E-state index >= 15 is 0 Å². The second-order valence-corrected chi connectivity index (χ2v) is 7.40. The lowest BCUT2D eigenvalue weighted by atomic mass is 9.90. The van der Waals surface area contributed by atoms with Gasteiger partial charge in [0.25, 0.3) is 0 Å². The highest BCUT2D eigenvalue weighted by Crippen LogP contribution is 2.36. The molecule has 2 N–H and O–H groups in total. The molecule has 1 saturated heterocycles. The minimum absolute atomic E-state index is 0.0174. The number of aromatic amines is 1. The van der Waals surface area contributed by atoms with E-state index in [2.05, 4.69) is 10.3 Å². The molecule has 3 heterocycles. The summed E-state index contributed by atoms with van der Waals surface area (Å²) in [5, 5.41) is 4.25. The Morgan fingerprint density at radius 2 is 2.07 bits per heavy atom. The third kappa shape index (κ3) is 2.78. The van der Waals surface area contributed by atoms with Gasteiger partial charge in [0.15, 0.2) is 5.78 Å². The molecule has 0 bridgehead atoms. The van der Waals surface area contributed by atoms with E-state index in [1.807, 2.05) is 30.3 Å². The van der Waals surface area contributed by atoms with Gasteiger partial charge < -0.3 is 15.0 Å². The summed E-state index contributed by atoms with van der Waals surface area (Å²) in [6, 6.07) is 11.1. The fraction of sp³-hybridized carbons (Fsp3) is 0.318. The third-order valence-corrected chi connectivity index (χ3v) is 5.73. The summed E-state index contributed by atoms with van der Waals surface area (Å²) >= 11 is 0. The Morgan fingerprint density at radius 1 is 1.15 bits per heavy atom. The molecule has 1 unspecified atom stereocenters. The van der Waals surface area contributed by atoms with E-state index in [0.717, 1.165) is 59.2 Å². The van der Waals surface area contributed by atoms with Gasteiger partial charge >= 0.3 is 0 Å². The smallest absolute Gasteiger partial charge is 0.189 e. The Labute approximate surface area is 156 Å².